The van der Waals surface area contributed by atoms with Crippen molar-refractivity contribution in [2.75, 3.05) is 35.4 Å². The largest absolute Gasteiger partial charge is 0.494 e. The van der Waals surface area contributed by atoms with Gasteiger partial charge < -0.3 is 20.1 Å². The number of carbonyl (C=O) groups excluding carboxylic acids is 2. The molecular weight excluding hydrogens is 633 g/mol. The second-order valence-corrected chi connectivity index (χ2v) is 14.0. The molecule has 0 aliphatic heterocycles. The van der Waals surface area contributed by atoms with Crippen molar-refractivity contribution in [1.82, 2.24) is 9.97 Å². The molecule has 0 saturated carbocycles. The molecule has 224 valence electrons. The smallest absolute Gasteiger partial charge is 0.234 e. The molecule has 2 heterocycles. The number of benzene rings is 4. The molecule has 0 fully saturated rings. The van der Waals surface area contributed by atoms with Crippen molar-refractivity contribution in [3.63, 3.8) is 0 Å². The molecule has 2 aromatic heterocycles. The number of rotatable bonds is 12. The van der Waals surface area contributed by atoms with Gasteiger partial charge in [0.05, 0.1) is 45.2 Å². The third-order valence-electron chi connectivity index (χ3n) is 6.43. The number of anilines is 2. The molecule has 12 heteroatoms. The SMILES string of the molecule is CCOc1ccc2nc(SCC(=O)Nc3cccc4c(NC(=O)CSc5nc6ccc(OCC)cc6s5)cccc34)sc2c1. The van der Waals surface area contributed by atoms with Crippen molar-refractivity contribution in [1.29, 1.82) is 0 Å². The zero-order chi connectivity index (χ0) is 30.5. The monoisotopic (exact) mass is 660 g/mol. The normalized spacial score (nSPS) is 11.2. The van der Waals surface area contributed by atoms with Gasteiger partial charge in [-0.2, -0.15) is 0 Å². The van der Waals surface area contributed by atoms with Crippen molar-refractivity contribution < 1.29 is 19.1 Å². The Bertz CT molecular complexity index is 1830. The lowest BCUT2D eigenvalue weighted by Crippen LogP contribution is -2.15. The molecule has 0 aliphatic carbocycles. The number of amides is 2. The van der Waals surface area contributed by atoms with Gasteiger partial charge in [-0.05, 0) is 62.4 Å². The van der Waals surface area contributed by atoms with E-state index in [9.17, 15) is 9.59 Å². The fourth-order valence-electron chi connectivity index (χ4n) is 4.56. The van der Waals surface area contributed by atoms with Gasteiger partial charge in [-0.25, -0.2) is 9.97 Å². The number of hydrogen-bond acceptors (Lipinski definition) is 10. The van der Waals surface area contributed by atoms with Crippen LogP contribution in [0.4, 0.5) is 11.4 Å². The first-order valence-corrected chi connectivity index (χ1v) is 17.5. The van der Waals surface area contributed by atoms with E-state index in [1.807, 2.05) is 86.6 Å². The van der Waals surface area contributed by atoms with Crippen molar-refractivity contribution in [3.05, 3.63) is 72.8 Å². The summed E-state index contributed by atoms with van der Waals surface area (Å²) in [6.07, 6.45) is 0. The highest BCUT2D eigenvalue weighted by Gasteiger charge is 2.14. The fourth-order valence-corrected chi connectivity index (χ4v) is 8.35. The Balaban J connectivity index is 1.07. The van der Waals surface area contributed by atoms with Crippen LogP contribution in [0.3, 0.4) is 0 Å². The highest BCUT2D eigenvalue weighted by Crippen LogP contribution is 2.34. The van der Waals surface area contributed by atoms with Crippen LogP contribution in [0.1, 0.15) is 13.8 Å². The van der Waals surface area contributed by atoms with Crippen LogP contribution in [0.2, 0.25) is 0 Å². The minimum atomic E-state index is -0.133. The van der Waals surface area contributed by atoms with Crippen LogP contribution >= 0.6 is 46.2 Å². The molecule has 0 atom stereocenters. The number of aromatic nitrogens is 2. The Labute approximate surface area is 270 Å². The van der Waals surface area contributed by atoms with Gasteiger partial charge in [-0.3, -0.25) is 9.59 Å². The van der Waals surface area contributed by atoms with E-state index in [2.05, 4.69) is 20.6 Å². The van der Waals surface area contributed by atoms with Gasteiger partial charge in [-0.1, -0.05) is 47.8 Å². The number of fused-ring (bicyclic) bond motifs is 3. The number of hydrogen-bond donors (Lipinski definition) is 2. The Morgan fingerprint density at radius 3 is 1.57 bits per heavy atom. The maximum absolute atomic E-state index is 12.9. The van der Waals surface area contributed by atoms with Crippen LogP contribution in [0, 0.1) is 0 Å². The van der Waals surface area contributed by atoms with Crippen LogP contribution in [-0.2, 0) is 9.59 Å². The fraction of sp³-hybridized carbons (Fsp3) is 0.188. The molecule has 6 aromatic rings. The molecule has 0 saturated heterocycles. The van der Waals surface area contributed by atoms with Gasteiger partial charge in [0.2, 0.25) is 11.8 Å². The van der Waals surface area contributed by atoms with E-state index in [0.717, 1.165) is 51.4 Å². The van der Waals surface area contributed by atoms with Crippen molar-refractivity contribution >= 4 is 101 Å². The van der Waals surface area contributed by atoms with Crippen LogP contribution in [0.15, 0.2) is 81.5 Å². The highest BCUT2D eigenvalue weighted by atomic mass is 32.2. The van der Waals surface area contributed by atoms with Gasteiger partial charge in [0, 0.05) is 22.1 Å². The van der Waals surface area contributed by atoms with E-state index in [0.29, 0.717) is 24.6 Å². The zero-order valence-corrected chi connectivity index (χ0v) is 27.2. The summed E-state index contributed by atoms with van der Waals surface area (Å²) in [6.45, 7) is 5.12. The van der Waals surface area contributed by atoms with Crippen LogP contribution < -0.4 is 20.1 Å². The second-order valence-electron chi connectivity index (χ2n) is 9.46. The number of nitrogens with zero attached hydrogens (tertiary/aromatic N) is 2. The Morgan fingerprint density at radius 2 is 1.14 bits per heavy atom. The second kappa shape index (κ2) is 13.9. The topological polar surface area (TPSA) is 102 Å². The van der Waals surface area contributed by atoms with E-state index in [-0.39, 0.29) is 23.3 Å². The van der Waals surface area contributed by atoms with Crippen LogP contribution in [0.5, 0.6) is 11.5 Å². The number of thiazole rings is 2. The molecule has 0 bridgehead atoms. The van der Waals surface area contributed by atoms with Crippen LogP contribution in [0.25, 0.3) is 31.2 Å². The van der Waals surface area contributed by atoms with E-state index < -0.39 is 0 Å². The number of ether oxygens (including phenoxy) is 2. The average molecular weight is 661 g/mol. The summed E-state index contributed by atoms with van der Waals surface area (Å²) in [5, 5.41) is 7.75. The van der Waals surface area contributed by atoms with E-state index >= 15 is 0 Å². The zero-order valence-electron chi connectivity index (χ0n) is 23.9. The maximum Gasteiger partial charge on any atom is 0.234 e. The summed E-state index contributed by atoms with van der Waals surface area (Å²) in [5.41, 5.74) is 3.15. The molecular formula is C32H28N4O4S4. The number of nitrogens with one attached hydrogen (secondary N) is 2. The van der Waals surface area contributed by atoms with Crippen molar-refractivity contribution in [3.8, 4) is 11.5 Å². The summed E-state index contributed by atoms with van der Waals surface area (Å²) in [4.78, 5) is 35.1. The van der Waals surface area contributed by atoms with Gasteiger partial charge in [0.15, 0.2) is 8.68 Å². The quantitative estimate of drug-likeness (QED) is 0.126. The summed E-state index contributed by atoms with van der Waals surface area (Å²) < 4.78 is 14.9. The third kappa shape index (κ3) is 7.10. The predicted octanol–water partition coefficient (Wildman–Crippen LogP) is 8.32. The lowest BCUT2D eigenvalue weighted by atomic mass is 10.1. The first kappa shape index (κ1) is 30.2. The first-order chi connectivity index (χ1) is 21.5. The lowest BCUT2D eigenvalue weighted by Gasteiger charge is -2.12. The molecule has 2 N–H and O–H groups in total. The molecule has 44 heavy (non-hydrogen) atoms. The van der Waals surface area contributed by atoms with Gasteiger partial charge >= 0.3 is 0 Å². The summed E-state index contributed by atoms with van der Waals surface area (Å²) in [6, 6.07) is 23.0. The minimum Gasteiger partial charge on any atom is -0.494 e. The van der Waals surface area contributed by atoms with Crippen molar-refractivity contribution in [2.45, 2.75) is 22.5 Å². The molecule has 2 amide bonds. The Morgan fingerprint density at radius 1 is 0.682 bits per heavy atom. The standard InChI is InChI=1S/C32H28N4O4S4/c1-3-39-19-11-13-25-27(15-19)43-31(35-25)41-17-29(37)33-23-9-5-8-22-21(23)7-6-10-24(22)34-30(38)18-42-32-36-26-14-12-20(40-4-2)16-28(26)44-32/h5-16H,3-4,17-18H2,1-2H3,(H,33,37)(H,34,38). The van der Waals surface area contributed by atoms with Gasteiger partial charge in [0.1, 0.15) is 11.5 Å². The van der Waals surface area contributed by atoms with E-state index in [4.69, 9.17) is 9.47 Å². The molecule has 0 spiro atoms. The predicted molar refractivity (Wildman–Crippen MR) is 184 cm³/mol. The van der Waals surface area contributed by atoms with Crippen LogP contribution in [-0.4, -0.2) is 46.5 Å². The molecule has 0 radical (unpaired) electrons. The number of thioether (sulfide) groups is 2. The minimum absolute atomic E-state index is 0.133. The maximum atomic E-state index is 12.9. The summed E-state index contributed by atoms with van der Waals surface area (Å²) in [7, 11) is 0. The number of carbonyl (C=O) groups is 2. The summed E-state index contributed by atoms with van der Waals surface area (Å²) >= 11 is 5.89. The lowest BCUT2D eigenvalue weighted by molar-refractivity contribution is -0.114. The molecule has 4 aromatic carbocycles. The van der Waals surface area contributed by atoms with Gasteiger partial charge in [-0.15, -0.1) is 22.7 Å². The molecule has 0 aliphatic rings. The van der Waals surface area contributed by atoms with E-state index in [1.54, 1.807) is 22.7 Å². The molecule has 0 unspecified atom stereocenters. The Kier molecular flexibility index (Phi) is 9.51. The first-order valence-electron chi connectivity index (χ1n) is 13.9. The third-order valence-corrected chi connectivity index (χ3v) is 10.7. The van der Waals surface area contributed by atoms with E-state index in [1.165, 1.54) is 23.5 Å². The Hall–Kier alpha value is -3.84. The average Bonchev–Trinajstić information content (AvgIpc) is 3.63. The molecule has 6 rings (SSSR count). The molecule has 8 nitrogen and oxygen atoms in total. The highest BCUT2D eigenvalue weighted by molar-refractivity contribution is 8.02. The van der Waals surface area contributed by atoms with Crippen molar-refractivity contribution in [2.24, 2.45) is 0 Å². The summed E-state index contributed by atoms with van der Waals surface area (Å²) in [5.74, 6) is 1.81. The van der Waals surface area contributed by atoms with Gasteiger partial charge in [0.25, 0.3) is 0 Å².